The normalized spacial score (nSPS) is 20.8. The van der Waals surface area contributed by atoms with Crippen LogP contribution in [-0.4, -0.2) is 55.3 Å². The van der Waals surface area contributed by atoms with E-state index in [2.05, 4.69) is 103 Å². The lowest BCUT2D eigenvalue weighted by Crippen LogP contribution is -2.53. The minimum absolute atomic E-state index is 0.0202. The van der Waals surface area contributed by atoms with E-state index in [0.717, 1.165) is 50.0 Å². The molecular weight excluding hydrogens is 669 g/mol. The summed E-state index contributed by atoms with van der Waals surface area (Å²) in [7, 11) is 0. The lowest BCUT2D eigenvalue weighted by Gasteiger charge is -2.27. The standard InChI is InChI=1S/C28H60N10S6/c1-27(2,37-31-21-15-9-7-10-16-21)29-23(39)33-35-25(41)43-19-13-5-6-14-20-44-26(42)36-34-24(40)30-28(3,4)38-32-22-17-11-8-12-18-22/h21-26,29-30,33-36,39-42H,5-20H2,1-4H3. The van der Waals surface area contributed by atoms with E-state index in [1.807, 2.05) is 27.7 Å². The molecule has 0 aromatic heterocycles. The van der Waals surface area contributed by atoms with E-state index >= 15 is 0 Å². The van der Waals surface area contributed by atoms with Crippen molar-refractivity contribution < 1.29 is 0 Å². The SMILES string of the molecule is CC(C)(N=NC1CCCCC1)NC(S)NNC(S)SCCCCCCSC(S)NNC(S)NC(C)(C)N=NC1CCCCC1. The number of thiol groups is 4. The van der Waals surface area contributed by atoms with Crippen LogP contribution in [0.1, 0.15) is 118 Å². The van der Waals surface area contributed by atoms with Crippen molar-refractivity contribution in [2.75, 3.05) is 11.5 Å². The zero-order valence-electron chi connectivity index (χ0n) is 27.2. The molecule has 258 valence electrons. The summed E-state index contributed by atoms with van der Waals surface area (Å²) in [6.07, 6.45) is 17.0. The first kappa shape index (κ1) is 41.2. The number of azo groups is 2. The Labute approximate surface area is 298 Å². The second-order valence-corrected chi connectivity index (χ2v) is 17.9. The highest BCUT2D eigenvalue weighted by Gasteiger charge is 2.23. The third-order valence-electron chi connectivity index (χ3n) is 7.35. The summed E-state index contributed by atoms with van der Waals surface area (Å²) in [4.78, 5) is 0. The molecule has 0 radical (unpaired) electrons. The maximum atomic E-state index is 4.64. The fourth-order valence-electron chi connectivity index (χ4n) is 4.98. The molecule has 0 heterocycles. The molecule has 6 N–H and O–H groups in total. The summed E-state index contributed by atoms with van der Waals surface area (Å²) in [5.41, 5.74) is 11.2. The fourth-order valence-corrected chi connectivity index (χ4v) is 8.03. The lowest BCUT2D eigenvalue weighted by atomic mass is 9.96. The van der Waals surface area contributed by atoms with Crippen LogP contribution in [0, 0.1) is 0 Å². The highest BCUT2D eigenvalue weighted by atomic mass is 32.2. The Bertz CT molecular complexity index is 733. The molecule has 2 rings (SSSR count). The smallest absolute Gasteiger partial charge is 0.127 e. The Hall–Kier alpha value is 1.06. The molecule has 10 nitrogen and oxygen atoms in total. The summed E-state index contributed by atoms with van der Waals surface area (Å²) >= 11 is 22.0. The van der Waals surface area contributed by atoms with Crippen molar-refractivity contribution in [2.24, 2.45) is 20.5 Å². The average molecular weight is 729 g/mol. The van der Waals surface area contributed by atoms with Gasteiger partial charge in [-0.3, -0.25) is 10.6 Å². The third kappa shape index (κ3) is 21.1. The van der Waals surface area contributed by atoms with Gasteiger partial charge in [0.25, 0.3) is 0 Å². The van der Waals surface area contributed by atoms with Crippen LogP contribution >= 0.6 is 74.0 Å². The van der Waals surface area contributed by atoms with Gasteiger partial charge in [-0.25, -0.2) is 21.7 Å². The number of thioether (sulfide) groups is 2. The highest BCUT2D eigenvalue weighted by Crippen LogP contribution is 2.23. The molecule has 16 heteroatoms. The number of hydrazine groups is 2. The molecule has 0 spiro atoms. The van der Waals surface area contributed by atoms with E-state index < -0.39 is 11.3 Å². The predicted octanol–water partition coefficient (Wildman–Crippen LogP) is 7.28. The van der Waals surface area contributed by atoms with Gasteiger partial charge in [-0.2, -0.15) is 20.5 Å². The van der Waals surface area contributed by atoms with Crippen molar-refractivity contribution >= 4 is 74.0 Å². The molecule has 2 aliphatic rings. The fraction of sp³-hybridized carbons (Fsp3) is 1.00. The summed E-state index contributed by atoms with van der Waals surface area (Å²) < 4.78 is -0.0404. The van der Waals surface area contributed by atoms with Crippen LogP contribution in [0.4, 0.5) is 0 Å². The summed E-state index contributed by atoms with van der Waals surface area (Å²) in [5.74, 6) is 2.10. The monoisotopic (exact) mass is 728 g/mol. The predicted molar refractivity (Wildman–Crippen MR) is 205 cm³/mol. The van der Waals surface area contributed by atoms with Crippen molar-refractivity contribution in [1.82, 2.24) is 32.3 Å². The van der Waals surface area contributed by atoms with Crippen LogP contribution in [0.25, 0.3) is 0 Å². The number of hydrogen-bond acceptors (Lipinski definition) is 16. The van der Waals surface area contributed by atoms with Gasteiger partial charge in [-0.05, 0) is 77.7 Å². The molecule has 0 saturated heterocycles. The first-order valence-corrected chi connectivity index (χ1v) is 20.5. The van der Waals surface area contributed by atoms with E-state index in [1.165, 1.54) is 51.4 Å². The minimum Gasteiger partial charge on any atom is -0.267 e. The van der Waals surface area contributed by atoms with Gasteiger partial charge >= 0.3 is 0 Å². The maximum absolute atomic E-state index is 4.64. The molecule has 44 heavy (non-hydrogen) atoms. The van der Waals surface area contributed by atoms with Crippen LogP contribution < -0.4 is 32.3 Å². The molecular formula is C28H60N10S6. The van der Waals surface area contributed by atoms with Gasteiger partial charge < -0.3 is 0 Å². The van der Waals surface area contributed by atoms with Crippen molar-refractivity contribution in [2.45, 2.75) is 161 Å². The van der Waals surface area contributed by atoms with Crippen LogP contribution in [0.2, 0.25) is 0 Å². The van der Waals surface area contributed by atoms with Crippen molar-refractivity contribution in [3.05, 3.63) is 0 Å². The van der Waals surface area contributed by atoms with E-state index in [0.29, 0.717) is 12.1 Å². The van der Waals surface area contributed by atoms with E-state index in [9.17, 15) is 0 Å². The van der Waals surface area contributed by atoms with Crippen LogP contribution in [0.15, 0.2) is 20.5 Å². The Kier molecular flexibility index (Phi) is 21.9. The van der Waals surface area contributed by atoms with Crippen molar-refractivity contribution in [1.29, 1.82) is 0 Å². The summed E-state index contributed by atoms with van der Waals surface area (Å²) in [5, 5.41) is 24.9. The van der Waals surface area contributed by atoms with E-state index in [-0.39, 0.29) is 20.4 Å². The first-order valence-electron chi connectivity index (χ1n) is 16.3. The van der Waals surface area contributed by atoms with E-state index in [1.54, 1.807) is 23.5 Å². The second kappa shape index (κ2) is 23.4. The average Bonchev–Trinajstić information content (AvgIpc) is 2.99. The Balaban J connectivity index is 1.43. The van der Waals surface area contributed by atoms with Gasteiger partial charge in [0, 0.05) is 0 Å². The van der Waals surface area contributed by atoms with Crippen molar-refractivity contribution in [3.63, 3.8) is 0 Å². The quantitative estimate of drug-likeness (QED) is 0.0175. The van der Waals surface area contributed by atoms with Crippen LogP contribution in [0.5, 0.6) is 0 Å². The number of nitrogens with zero attached hydrogens (tertiary/aromatic N) is 4. The molecule has 2 fully saturated rings. The van der Waals surface area contributed by atoms with Gasteiger partial charge in [0.1, 0.15) is 31.7 Å². The van der Waals surface area contributed by atoms with Crippen LogP contribution in [-0.2, 0) is 0 Å². The Morgan fingerprint density at radius 1 is 0.568 bits per heavy atom. The molecule has 4 unspecified atom stereocenters. The number of rotatable bonds is 23. The number of hydrogen-bond donors (Lipinski definition) is 10. The van der Waals surface area contributed by atoms with Gasteiger partial charge in [-0.15, -0.1) is 74.0 Å². The largest absolute Gasteiger partial charge is 0.267 e. The third-order valence-corrected chi connectivity index (χ3v) is 10.9. The summed E-state index contributed by atoms with van der Waals surface area (Å²) in [6, 6.07) is 0.735. The molecule has 0 aromatic rings. The Morgan fingerprint density at radius 2 is 0.932 bits per heavy atom. The highest BCUT2D eigenvalue weighted by molar-refractivity contribution is 8.10. The summed E-state index contributed by atoms with van der Waals surface area (Å²) in [6.45, 7) is 8.07. The minimum atomic E-state index is -0.486. The molecule has 0 amide bonds. The first-order chi connectivity index (χ1) is 20.9. The topological polar surface area (TPSA) is 122 Å². The van der Waals surface area contributed by atoms with Gasteiger partial charge in [0.15, 0.2) is 0 Å². The molecule has 0 bridgehead atoms. The van der Waals surface area contributed by atoms with Crippen molar-refractivity contribution in [3.8, 4) is 0 Å². The molecule has 0 aliphatic heterocycles. The molecule has 0 aromatic carbocycles. The molecule has 2 saturated carbocycles. The van der Waals surface area contributed by atoms with E-state index in [4.69, 9.17) is 0 Å². The lowest BCUT2D eigenvalue weighted by molar-refractivity contribution is 0.322. The molecule has 2 aliphatic carbocycles. The molecule has 4 atom stereocenters. The zero-order chi connectivity index (χ0) is 32.3. The second-order valence-electron chi connectivity index (χ2n) is 12.7. The number of nitrogens with one attached hydrogen (secondary N) is 6. The van der Waals surface area contributed by atoms with Gasteiger partial charge in [0.2, 0.25) is 0 Å². The van der Waals surface area contributed by atoms with Gasteiger partial charge in [-0.1, -0.05) is 51.4 Å². The number of unbranched alkanes of at least 4 members (excludes halogenated alkanes) is 3. The Morgan fingerprint density at radius 3 is 1.30 bits per heavy atom. The van der Waals surface area contributed by atoms with Gasteiger partial charge in [0.05, 0.1) is 12.1 Å². The maximum Gasteiger partial charge on any atom is 0.127 e. The zero-order valence-corrected chi connectivity index (χ0v) is 32.4. The van der Waals surface area contributed by atoms with Crippen LogP contribution in [0.3, 0.4) is 0 Å².